The van der Waals surface area contributed by atoms with Gasteiger partial charge in [-0.15, -0.1) is 0 Å². The van der Waals surface area contributed by atoms with Crippen LogP contribution in [-0.4, -0.2) is 35.7 Å². The van der Waals surface area contributed by atoms with Crippen LogP contribution in [0.2, 0.25) is 0 Å². The maximum absolute atomic E-state index is 9.12. The minimum absolute atomic E-state index is 0.491. The highest BCUT2D eigenvalue weighted by Gasteiger charge is 2.16. The molecule has 1 aromatic heterocycles. The quantitative estimate of drug-likeness (QED) is 0.671. The Morgan fingerprint density at radius 3 is 2.53 bits per heavy atom. The van der Waals surface area contributed by atoms with Gasteiger partial charge in [0.15, 0.2) is 0 Å². The van der Waals surface area contributed by atoms with Crippen molar-refractivity contribution in [2.24, 2.45) is 0 Å². The molecular weight excluding hydrogens is 191 g/mol. The average molecular weight is 208 g/mol. The summed E-state index contributed by atoms with van der Waals surface area (Å²) < 4.78 is 0. The largest absolute Gasteiger partial charge is 0.490 e. The third-order valence-corrected chi connectivity index (χ3v) is 2.53. The van der Waals surface area contributed by atoms with E-state index in [9.17, 15) is 0 Å². The Morgan fingerprint density at radius 1 is 1.40 bits per heavy atom. The van der Waals surface area contributed by atoms with E-state index in [1.807, 2.05) is 31.9 Å². The molecule has 0 aromatic carbocycles. The van der Waals surface area contributed by atoms with E-state index >= 15 is 0 Å². The van der Waals surface area contributed by atoms with Gasteiger partial charge in [-0.3, -0.25) is 0 Å². The molecule has 1 rings (SSSR count). The lowest BCUT2D eigenvalue weighted by molar-refractivity contribution is 0.425. The molecule has 0 atom stereocenters. The van der Waals surface area contributed by atoms with Gasteiger partial charge in [0.2, 0.25) is 0 Å². The summed E-state index contributed by atoms with van der Waals surface area (Å²) in [6, 6.07) is 1.90. The minimum Gasteiger partial charge on any atom is -0.423 e. The van der Waals surface area contributed by atoms with Crippen molar-refractivity contribution in [2.45, 2.75) is 20.3 Å². The number of nitrogens with zero attached hydrogens (tertiary/aromatic N) is 2. The van der Waals surface area contributed by atoms with Gasteiger partial charge in [0, 0.05) is 25.3 Å². The molecular formula is C10H17BN2O2. The molecule has 15 heavy (non-hydrogen) atoms. The fraction of sp³-hybridized carbons (Fsp3) is 0.500. The van der Waals surface area contributed by atoms with E-state index in [2.05, 4.69) is 4.98 Å². The highest BCUT2D eigenvalue weighted by atomic mass is 16.4. The molecule has 0 radical (unpaired) electrons. The third kappa shape index (κ3) is 2.70. The summed E-state index contributed by atoms with van der Waals surface area (Å²) in [6.07, 6.45) is 2.30. The second-order valence-corrected chi connectivity index (χ2v) is 3.48. The summed E-state index contributed by atoms with van der Waals surface area (Å²) in [7, 11) is 0.519. The zero-order chi connectivity index (χ0) is 11.4. The lowest BCUT2D eigenvalue weighted by Gasteiger charge is -2.17. The van der Waals surface area contributed by atoms with E-state index in [0.717, 1.165) is 24.3 Å². The van der Waals surface area contributed by atoms with E-state index in [4.69, 9.17) is 10.0 Å². The topological polar surface area (TPSA) is 56.6 Å². The molecule has 0 aliphatic heterocycles. The fourth-order valence-electron chi connectivity index (χ4n) is 1.40. The van der Waals surface area contributed by atoms with Crippen molar-refractivity contribution in [3.8, 4) is 0 Å². The first-order chi connectivity index (χ1) is 7.10. The highest BCUT2D eigenvalue weighted by Crippen LogP contribution is 2.10. The molecule has 2 N–H and O–H groups in total. The van der Waals surface area contributed by atoms with Crippen LogP contribution in [-0.2, 0) is 6.42 Å². The molecule has 0 fully saturated rings. The van der Waals surface area contributed by atoms with Crippen LogP contribution in [0.3, 0.4) is 0 Å². The predicted octanol–water partition coefficient (Wildman–Crippen LogP) is -0.220. The number of aryl methyl sites for hydroxylation is 1. The van der Waals surface area contributed by atoms with Crippen molar-refractivity contribution in [3.05, 3.63) is 17.8 Å². The monoisotopic (exact) mass is 208 g/mol. The molecule has 0 spiro atoms. The molecule has 0 saturated carbocycles. The van der Waals surface area contributed by atoms with Gasteiger partial charge in [-0.05, 0) is 25.0 Å². The molecule has 4 nitrogen and oxygen atoms in total. The van der Waals surface area contributed by atoms with Crippen LogP contribution in [0.4, 0.5) is 5.82 Å². The summed E-state index contributed by atoms with van der Waals surface area (Å²) in [5, 5.41) is 18.2. The van der Waals surface area contributed by atoms with E-state index in [0.29, 0.717) is 5.46 Å². The first-order valence-corrected chi connectivity index (χ1v) is 5.16. The number of anilines is 1. The number of aromatic nitrogens is 1. The smallest absolute Gasteiger partial charge is 0.423 e. The van der Waals surface area contributed by atoms with Gasteiger partial charge in [0.1, 0.15) is 5.82 Å². The zero-order valence-electron chi connectivity index (χ0n) is 9.44. The Bertz CT molecular complexity index is 331. The normalized spacial score (nSPS) is 10.2. The van der Waals surface area contributed by atoms with E-state index < -0.39 is 7.12 Å². The van der Waals surface area contributed by atoms with Gasteiger partial charge in [0.05, 0.1) is 0 Å². The third-order valence-electron chi connectivity index (χ3n) is 2.53. The second kappa shape index (κ2) is 5.14. The molecule has 0 bridgehead atoms. The van der Waals surface area contributed by atoms with Crippen molar-refractivity contribution in [1.29, 1.82) is 0 Å². The van der Waals surface area contributed by atoms with Crippen molar-refractivity contribution in [2.75, 3.05) is 18.5 Å². The summed E-state index contributed by atoms with van der Waals surface area (Å²) in [4.78, 5) is 6.19. The number of rotatable bonds is 4. The van der Waals surface area contributed by atoms with E-state index in [-0.39, 0.29) is 0 Å². The lowest BCUT2D eigenvalue weighted by atomic mass is 9.77. The van der Waals surface area contributed by atoms with E-state index in [1.54, 1.807) is 0 Å². The van der Waals surface area contributed by atoms with Crippen molar-refractivity contribution in [3.63, 3.8) is 0 Å². The zero-order valence-corrected chi connectivity index (χ0v) is 9.44. The maximum Gasteiger partial charge on any atom is 0.490 e. The molecule has 1 aromatic rings. The first kappa shape index (κ1) is 12.0. The number of hydrogen-bond donors (Lipinski definition) is 2. The van der Waals surface area contributed by atoms with Crippen LogP contribution in [0, 0.1) is 0 Å². The molecule has 0 aliphatic carbocycles. The van der Waals surface area contributed by atoms with Crippen molar-refractivity contribution >= 4 is 18.4 Å². The summed E-state index contributed by atoms with van der Waals surface area (Å²) >= 11 is 0. The van der Waals surface area contributed by atoms with Gasteiger partial charge in [0.25, 0.3) is 0 Å². The van der Waals surface area contributed by atoms with Crippen LogP contribution >= 0.6 is 0 Å². The van der Waals surface area contributed by atoms with Crippen LogP contribution < -0.4 is 10.4 Å². The minimum atomic E-state index is -1.44. The molecule has 0 saturated heterocycles. The molecule has 1 heterocycles. The second-order valence-electron chi connectivity index (χ2n) is 3.48. The number of hydrogen-bond acceptors (Lipinski definition) is 4. The number of pyridine rings is 1. The molecule has 82 valence electrons. The first-order valence-electron chi connectivity index (χ1n) is 5.16. The predicted molar refractivity (Wildman–Crippen MR) is 62.4 cm³/mol. The van der Waals surface area contributed by atoms with Crippen molar-refractivity contribution < 1.29 is 10.0 Å². The molecule has 0 aliphatic rings. The summed E-state index contributed by atoms with van der Waals surface area (Å²) in [5.74, 6) is 0.860. The summed E-state index contributed by atoms with van der Waals surface area (Å²) in [6.45, 7) is 4.90. The van der Waals surface area contributed by atoms with Crippen LogP contribution in [0.15, 0.2) is 12.3 Å². The highest BCUT2D eigenvalue weighted by molar-refractivity contribution is 6.59. The van der Waals surface area contributed by atoms with Crippen LogP contribution in [0.5, 0.6) is 0 Å². The van der Waals surface area contributed by atoms with Gasteiger partial charge in [-0.1, -0.05) is 6.92 Å². The average Bonchev–Trinajstić information content (AvgIpc) is 2.26. The van der Waals surface area contributed by atoms with Crippen LogP contribution in [0.1, 0.15) is 19.4 Å². The van der Waals surface area contributed by atoms with Gasteiger partial charge in [-0.2, -0.15) is 0 Å². The van der Waals surface area contributed by atoms with Gasteiger partial charge in [-0.25, -0.2) is 4.98 Å². The molecule has 0 unspecified atom stereocenters. The van der Waals surface area contributed by atoms with Crippen molar-refractivity contribution in [1.82, 2.24) is 4.98 Å². The van der Waals surface area contributed by atoms with Gasteiger partial charge >= 0.3 is 7.12 Å². The lowest BCUT2D eigenvalue weighted by Crippen LogP contribution is -2.34. The Balaban J connectivity index is 3.07. The van der Waals surface area contributed by atoms with Crippen LogP contribution in [0.25, 0.3) is 0 Å². The Labute approximate surface area is 90.7 Å². The van der Waals surface area contributed by atoms with Gasteiger partial charge < -0.3 is 14.9 Å². The maximum atomic E-state index is 9.12. The molecule has 5 heteroatoms. The van der Waals surface area contributed by atoms with E-state index in [1.165, 1.54) is 6.20 Å². The SMILES string of the molecule is CCc1cc(N(C)CC)ncc1B(O)O. The fourth-order valence-corrected chi connectivity index (χ4v) is 1.40. The summed E-state index contributed by atoms with van der Waals surface area (Å²) in [5.41, 5.74) is 1.42. The Hall–Kier alpha value is -1.07. The Morgan fingerprint density at radius 2 is 2.07 bits per heavy atom. The standard InChI is InChI=1S/C10H17BN2O2/c1-4-8-6-10(13(3)5-2)12-7-9(8)11(14)15/h6-7,14-15H,4-5H2,1-3H3. The Kier molecular flexibility index (Phi) is 4.11. The molecule has 0 amide bonds.